The van der Waals surface area contributed by atoms with Crippen molar-refractivity contribution in [3.8, 4) is 0 Å². The lowest BCUT2D eigenvalue weighted by Gasteiger charge is -2.71. The molecule has 8 N–H and O–H groups in total. The molecule has 0 bridgehead atoms. The summed E-state index contributed by atoms with van der Waals surface area (Å²) in [4.78, 5) is 0. The highest BCUT2D eigenvalue weighted by Gasteiger charge is 2.73. The number of hydrogen-bond donors (Lipinski definition) is 8. The molecule has 0 spiro atoms. The fourth-order valence-electron chi connectivity index (χ4n) is 12.1. The molecule has 46 heavy (non-hydrogen) atoms. The van der Waals surface area contributed by atoms with Crippen LogP contribution in [0, 0.1) is 45.3 Å². The average Bonchev–Trinajstić information content (AvgIpc) is 3.36. The van der Waals surface area contributed by atoms with Crippen LogP contribution >= 0.6 is 0 Å². The molecule has 10 nitrogen and oxygen atoms in total. The Morgan fingerprint density at radius 1 is 0.935 bits per heavy atom. The molecule has 0 amide bonds. The topological polar surface area (TPSA) is 180 Å². The Morgan fingerprint density at radius 2 is 1.59 bits per heavy atom. The van der Waals surface area contributed by atoms with Gasteiger partial charge in [0, 0.05) is 0 Å². The summed E-state index contributed by atoms with van der Waals surface area (Å²) in [5.41, 5.74) is -1.88. The highest BCUT2D eigenvalue weighted by molar-refractivity contribution is 5.21. The molecule has 5 rings (SSSR count). The number of rotatable bonds is 8. The van der Waals surface area contributed by atoms with E-state index in [4.69, 9.17) is 9.47 Å². The van der Waals surface area contributed by atoms with Gasteiger partial charge < -0.3 is 50.3 Å². The van der Waals surface area contributed by atoms with Gasteiger partial charge in [0.15, 0.2) is 6.29 Å². The number of aliphatic hydroxyl groups excluding tert-OH is 8. The van der Waals surface area contributed by atoms with E-state index in [0.29, 0.717) is 44.1 Å². The summed E-state index contributed by atoms with van der Waals surface area (Å²) in [6, 6.07) is 0. The van der Waals surface area contributed by atoms with Gasteiger partial charge in [0.25, 0.3) is 0 Å². The Bertz CT molecular complexity index is 1130. The third-order valence-electron chi connectivity index (χ3n) is 14.8. The summed E-state index contributed by atoms with van der Waals surface area (Å²) < 4.78 is 12.5. The molecule has 17 atom stereocenters. The van der Waals surface area contributed by atoms with E-state index in [1.807, 2.05) is 6.92 Å². The first-order valence-corrected chi connectivity index (χ1v) is 17.6. The Hall–Kier alpha value is -0.660. The maximum atomic E-state index is 12.2. The van der Waals surface area contributed by atoms with Crippen molar-refractivity contribution in [2.24, 2.45) is 45.3 Å². The molecule has 0 unspecified atom stereocenters. The van der Waals surface area contributed by atoms with Crippen LogP contribution in [0.2, 0.25) is 0 Å². The standard InChI is InChI=1S/C36H62O10/c1-18(2)20(38)10-14-36(8,46-31-29(44)28(43)27(42)23(17-37)45-31)19-9-13-34(6)26(19)21(39)15-24-33(5)12-11-25(41)32(3,4)30(33)22(40)16-35(24,34)7/h19-31,37-44H,1,9-17H2,2-8H3/t19-,20+,21+,22-,23+,24+,25-,26-,27+,28-,29+,30-,31-,33+,34+,35+,36-/m0/s1. The Labute approximate surface area is 274 Å². The largest absolute Gasteiger partial charge is 0.394 e. The minimum absolute atomic E-state index is 0.102. The van der Waals surface area contributed by atoms with Crippen molar-refractivity contribution in [3.63, 3.8) is 0 Å². The van der Waals surface area contributed by atoms with Crippen LogP contribution in [0.3, 0.4) is 0 Å². The Kier molecular flexibility index (Phi) is 9.78. The van der Waals surface area contributed by atoms with E-state index >= 15 is 0 Å². The minimum atomic E-state index is -1.59. The van der Waals surface area contributed by atoms with E-state index < -0.39 is 72.7 Å². The van der Waals surface area contributed by atoms with E-state index in [1.54, 1.807) is 6.92 Å². The predicted octanol–water partition coefficient (Wildman–Crippen LogP) is 2.27. The Balaban J connectivity index is 1.51. The SMILES string of the molecule is C=C(C)[C@H](O)CC[C@](C)(O[C@@H]1O[C@H](CO)[C@@H](O)[C@H](O)[C@H]1O)[C@H]1CC[C@]2(C)[C@@H]1[C@H](O)C[C@@H]1[C@@]3(C)CC[C@H](O)C(C)(C)[C@@H]3[C@@H](O)C[C@]12C. The van der Waals surface area contributed by atoms with Crippen molar-refractivity contribution >= 4 is 0 Å². The molecular formula is C36H62O10. The molecule has 1 saturated heterocycles. The van der Waals surface area contributed by atoms with Crippen LogP contribution < -0.4 is 0 Å². The fraction of sp³-hybridized carbons (Fsp3) is 0.944. The first kappa shape index (κ1) is 36.6. The highest BCUT2D eigenvalue weighted by Crippen LogP contribution is 2.76. The van der Waals surface area contributed by atoms with Gasteiger partial charge in [-0.1, -0.05) is 46.8 Å². The van der Waals surface area contributed by atoms with E-state index in [-0.39, 0.29) is 39.9 Å². The third kappa shape index (κ3) is 5.37. The molecule has 0 aromatic heterocycles. The third-order valence-corrected chi connectivity index (χ3v) is 14.8. The van der Waals surface area contributed by atoms with Crippen molar-refractivity contribution < 1.29 is 50.3 Å². The first-order chi connectivity index (χ1) is 21.2. The van der Waals surface area contributed by atoms with Crippen molar-refractivity contribution in [1.82, 2.24) is 0 Å². The lowest BCUT2D eigenvalue weighted by Crippen LogP contribution is -2.70. The van der Waals surface area contributed by atoms with Crippen molar-refractivity contribution in [2.45, 2.75) is 161 Å². The van der Waals surface area contributed by atoms with E-state index in [9.17, 15) is 40.9 Å². The predicted molar refractivity (Wildman–Crippen MR) is 171 cm³/mol. The smallest absolute Gasteiger partial charge is 0.187 e. The van der Waals surface area contributed by atoms with Gasteiger partial charge in [-0.15, -0.1) is 0 Å². The summed E-state index contributed by atoms with van der Waals surface area (Å²) in [5, 5.41) is 87.7. The molecule has 1 heterocycles. The van der Waals surface area contributed by atoms with Crippen molar-refractivity contribution in [3.05, 3.63) is 12.2 Å². The summed E-state index contributed by atoms with van der Waals surface area (Å²) in [6.45, 7) is 18.0. The maximum Gasteiger partial charge on any atom is 0.187 e. The van der Waals surface area contributed by atoms with Crippen molar-refractivity contribution in [1.29, 1.82) is 0 Å². The zero-order chi connectivity index (χ0) is 34.4. The van der Waals surface area contributed by atoms with Crippen LogP contribution in [0.25, 0.3) is 0 Å². The first-order valence-electron chi connectivity index (χ1n) is 17.6. The second-order valence-electron chi connectivity index (χ2n) is 17.5. The molecule has 0 radical (unpaired) electrons. The summed E-state index contributed by atoms with van der Waals surface area (Å²) in [6.07, 6.45) is -5.04. The van der Waals surface area contributed by atoms with Crippen LogP contribution in [0.1, 0.15) is 99.8 Å². The highest BCUT2D eigenvalue weighted by atomic mass is 16.7. The van der Waals surface area contributed by atoms with Gasteiger partial charge in [0.2, 0.25) is 0 Å². The molecule has 0 aromatic rings. The zero-order valence-electron chi connectivity index (χ0n) is 29.0. The zero-order valence-corrected chi connectivity index (χ0v) is 29.0. The molecular weight excluding hydrogens is 592 g/mol. The lowest BCUT2D eigenvalue weighted by atomic mass is 9.34. The maximum absolute atomic E-state index is 12.2. The molecule has 4 saturated carbocycles. The van der Waals surface area contributed by atoms with Crippen molar-refractivity contribution in [2.75, 3.05) is 6.61 Å². The molecule has 4 aliphatic carbocycles. The molecule has 0 aromatic carbocycles. The summed E-state index contributed by atoms with van der Waals surface area (Å²) >= 11 is 0. The Morgan fingerprint density at radius 3 is 2.20 bits per heavy atom. The van der Waals surface area contributed by atoms with E-state index in [1.165, 1.54) is 0 Å². The molecule has 10 heteroatoms. The van der Waals surface area contributed by atoms with Gasteiger partial charge in [-0.2, -0.15) is 0 Å². The van der Waals surface area contributed by atoms with Gasteiger partial charge in [-0.3, -0.25) is 0 Å². The van der Waals surface area contributed by atoms with Crippen LogP contribution in [-0.2, 0) is 9.47 Å². The lowest BCUT2D eigenvalue weighted by molar-refractivity contribution is -0.337. The normalized spacial score (nSPS) is 52.2. The minimum Gasteiger partial charge on any atom is -0.394 e. The van der Waals surface area contributed by atoms with Crippen LogP contribution in [0.4, 0.5) is 0 Å². The van der Waals surface area contributed by atoms with Gasteiger partial charge in [-0.05, 0) is 111 Å². The average molecular weight is 655 g/mol. The molecule has 1 aliphatic heterocycles. The number of hydrogen-bond acceptors (Lipinski definition) is 10. The summed E-state index contributed by atoms with van der Waals surface area (Å²) in [7, 11) is 0. The van der Waals surface area contributed by atoms with Crippen LogP contribution in [0.5, 0.6) is 0 Å². The summed E-state index contributed by atoms with van der Waals surface area (Å²) in [5.74, 6) is -0.449. The molecule has 266 valence electrons. The van der Waals surface area contributed by atoms with Gasteiger partial charge in [-0.25, -0.2) is 0 Å². The number of fused-ring (bicyclic) bond motifs is 5. The van der Waals surface area contributed by atoms with Gasteiger partial charge in [0.05, 0.1) is 36.6 Å². The van der Waals surface area contributed by atoms with Gasteiger partial charge in [0.1, 0.15) is 24.4 Å². The van der Waals surface area contributed by atoms with Crippen LogP contribution in [0.15, 0.2) is 12.2 Å². The molecule has 5 aliphatic rings. The van der Waals surface area contributed by atoms with Crippen LogP contribution in [-0.4, -0.2) is 108 Å². The fourth-order valence-corrected chi connectivity index (χ4v) is 12.1. The van der Waals surface area contributed by atoms with Gasteiger partial charge >= 0.3 is 0 Å². The van der Waals surface area contributed by atoms with E-state index in [0.717, 1.165) is 12.8 Å². The van der Waals surface area contributed by atoms with E-state index in [2.05, 4.69) is 41.2 Å². The second kappa shape index (κ2) is 12.3. The quantitative estimate of drug-likeness (QED) is 0.181. The number of aliphatic hydroxyl groups is 8. The monoisotopic (exact) mass is 654 g/mol. The second-order valence-corrected chi connectivity index (χ2v) is 17.5. The number of ether oxygens (including phenoxy) is 2. The molecule has 5 fully saturated rings.